The monoisotopic (exact) mass is 382 g/mol. The van der Waals surface area contributed by atoms with Crippen LogP contribution in [-0.2, 0) is 4.79 Å². The highest BCUT2D eigenvalue weighted by Crippen LogP contribution is 2.70. The molecule has 10 unspecified atom stereocenters. The topological polar surface area (TPSA) is 118 Å². The normalized spacial score (nSPS) is 60.3. The van der Waals surface area contributed by atoms with Crippen LogP contribution in [0.15, 0.2) is 0 Å². The largest absolute Gasteiger partial charge is 0.393 e. The molecule has 10 atom stereocenters. The summed E-state index contributed by atoms with van der Waals surface area (Å²) in [4.78, 5) is 12.3. The molecule has 0 radical (unpaired) electrons. The Morgan fingerprint density at radius 1 is 0.963 bits per heavy atom. The van der Waals surface area contributed by atoms with E-state index in [0.717, 1.165) is 6.42 Å². The molecule has 4 fully saturated rings. The van der Waals surface area contributed by atoms with Gasteiger partial charge in [-0.05, 0) is 69.1 Å². The number of fused-ring (bicyclic) bond motifs is 5. The van der Waals surface area contributed by atoms with E-state index in [2.05, 4.69) is 6.92 Å². The van der Waals surface area contributed by atoms with Crippen molar-refractivity contribution in [2.45, 2.75) is 95.2 Å². The second-order valence-electron chi connectivity index (χ2n) is 10.4. The summed E-state index contributed by atoms with van der Waals surface area (Å²) < 4.78 is 0. The van der Waals surface area contributed by atoms with Gasteiger partial charge in [0, 0.05) is 5.41 Å². The molecule has 0 spiro atoms. The van der Waals surface area contributed by atoms with Crippen molar-refractivity contribution in [3.8, 4) is 0 Å². The summed E-state index contributed by atoms with van der Waals surface area (Å²) in [5.41, 5.74) is -4.79. The third-order valence-electron chi connectivity index (χ3n) is 9.45. The van der Waals surface area contributed by atoms with Gasteiger partial charge in [0.1, 0.15) is 17.5 Å². The van der Waals surface area contributed by atoms with E-state index >= 15 is 0 Å². The fraction of sp³-hybridized carbons (Fsp3) is 0.952. The first-order valence-corrected chi connectivity index (χ1v) is 10.4. The van der Waals surface area contributed by atoms with Gasteiger partial charge >= 0.3 is 0 Å². The van der Waals surface area contributed by atoms with E-state index in [-0.39, 0.29) is 29.1 Å². The first-order valence-electron chi connectivity index (χ1n) is 10.4. The smallest absolute Gasteiger partial charge is 0.136 e. The van der Waals surface area contributed by atoms with Gasteiger partial charge in [0.15, 0.2) is 0 Å². The maximum atomic E-state index is 12.3. The predicted octanol–water partition coefficient (Wildman–Crippen LogP) is 0.767. The molecule has 0 aromatic rings. The van der Waals surface area contributed by atoms with Gasteiger partial charge in [-0.2, -0.15) is 0 Å². The average Bonchev–Trinajstić information content (AvgIpc) is 2.74. The van der Waals surface area contributed by atoms with Gasteiger partial charge in [-0.15, -0.1) is 0 Å². The Morgan fingerprint density at radius 2 is 1.63 bits per heavy atom. The molecular weight excluding hydrogens is 348 g/mol. The first kappa shape index (κ1) is 19.8. The zero-order valence-corrected chi connectivity index (χ0v) is 16.6. The number of aliphatic hydroxyl groups excluding tert-OH is 3. The number of hydrogen-bond donors (Lipinski definition) is 5. The van der Waals surface area contributed by atoms with Crippen LogP contribution >= 0.6 is 0 Å². The van der Waals surface area contributed by atoms with Crippen molar-refractivity contribution in [3.63, 3.8) is 0 Å². The fourth-order valence-electron chi connectivity index (χ4n) is 8.05. The van der Waals surface area contributed by atoms with Crippen molar-refractivity contribution in [2.24, 2.45) is 28.6 Å². The number of Topliss-reactive ketones (excluding diaryl/α,β-unsaturated/α-hetero) is 1. The second-order valence-corrected chi connectivity index (χ2v) is 10.4. The maximum Gasteiger partial charge on any atom is 0.136 e. The van der Waals surface area contributed by atoms with Gasteiger partial charge < -0.3 is 25.5 Å². The molecule has 0 bridgehead atoms. The van der Waals surface area contributed by atoms with Gasteiger partial charge in [0.25, 0.3) is 0 Å². The summed E-state index contributed by atoms with van der Waals surface area (Å²) in [6.07, 6.45) is 0.993. The number of rotatable bonds is 1. The number of ketones is 1. The molecule has 4 rings (SSSR count). The van der Waals surface area contributed by atoms with Crippen molar-refractivity contribution in [2.75, 3.05) is 0 Å². The lowest BCUT2D eigenvalue weighted by Gasteiger charge is -2.67. The quantitative estimate of drug-likeness (QED) is 0.457. The van der Waals surface area contributed by atoms with Crippen LogP contribution in [0.3, 0.4) is 0 Å². The molecule has 0 aromatic carbocycles. The maximum absolute atomic E-state index is 12.3. The van der Waals surface area contributed by atoms with Crippen LogP contribution in [0.2, 0.25) is 0 Å². The van der Waals surface area contributed by atoms with Gasteiger partial charge in [-0.3, -0.25) is 4.79 Å². The van der Waals surface area contributed by atoms with E-state index in [1.54, 1.807) is 6.92 Å². The van der Waals surface area contributed by atoms with E-state index in [9.17, 15) is 30.3 Å². The summed E-state index contributed by atoms with van der Waals surface area (Å²) >= 11 is 0. The Morgan fingerprint density at radius 3 is 2.26 bits per heavy atom. The molecule has 4 aliphatic carbocycles. The summed E-state index contributed by atoms with van der Waals surface area (Å²) in [7, 11) is 0. The van der Waals surface area contributed by atoms with E-state index in [1.807, 2.05) is 0 Å². The molecule has 0 heterocycles. The number of aliphatic hydroxyl groups is 5. The first-order chi connectivity index (χ1) is 12.4. The zero-order valence-electron chi connectivity index (χ0n) is 16.6. The van der Waals surface area contributed by atoms with Gasteiger partial charge in [0.2, 0.25) is 0 Å². The highest BCUT2D eigenvalue weighted by Gasteiger charge is 2.79. The zero-order chi connectivity index (χ0) is 20.0. The molecule has 0 saturated heterocycles. The van der Waals surface area contributed by atoms with Crippen molar-refractivity contribution in [1.82, 2.24) is 0 Å². The Labute approximate surface area is 160 Å². The minimum absolute atomic E-state index is 0.234. The lowest BCUT2D eigenvalue weighted by atomic mass is 9.41. The Bertz CT molecular complexity index is 653. The van der Waals surface area contributed by atoms with Crippen LogP contribution in [0.25, 0.3) is 0 Å². The lowest BCUT2D eigenvalue weighted by Crippen LogP contribution is -2.76. The molecule has 6 nitrogen and oxygen atoms in total. The van der Waals surface area contributed by atoms with Gasteiger partial charge in [-0.25, -0.2) is 0 Å². The minimum Gasteiger partial charge on any atom is -0.393 e. The fourth-order valence-corrected chi connectivity index (χ4v) is 8.05. The number of carbonyl (C=O) groups is 1. The summed E-state index contributed by atoms with van der Waals surface area (Å²) in [6, 6.07) is 0. The molecule has 0 amide bonds. The van der Waals surface area contributed by atoms with Crippen LogP contribution in [0.1, 0.15) is 65.7 Å². The predicted molar refractivity (Wildman–Crippen MR) is 97.6 cm³/mol. The molecule has 0 aromatic heterocycles. The number of carbonyl (C=O) groups excluding carboxylic acids is 1. The van der Waals surface area contributed by atoms with Crippen molar-refractivity contribution in [3.05, 3.63) is 0 Å². The van der Waals surface area contributed by atoms with Crippen LogP contribution in [-0.4, -0.2) is 60.8 Å². The van der Waals surface area contributed by atoms with Gasteiger partial charge in [-0.1, -0.05) is 13.8 Å². The molecule has 0 aliphatic heterocycles. The van der Waals surface area contributed by atoms with Crippen molar-refractivity contribution < 1.29 is 30.3 Å². The Balaban J connectivity index is 1.81. The Kier molecular flexibility index (Phi) is 4.22. The van der Waals surface area contributed by atoms with E-state index in [0.29, 0.717) is 38.5 Å². The molecule has 154 valence electrons. The average molecular weight is 382 g/mol. The molecule has 4 aliphatic rings. The molecule has 6 heteroatoms. The molecular formula is C21H34O6. The lowest BCUT2D eigenvalue weighted by molar-refractivity contribution is -0.317. The minimum atomic E-state index is -1.93. The summed E-state index contributed by atoms with van der Waals surface area (Å²) in [5, 5.41) is 55.5. The van der Waals surface area contributed by atoms with E-state index in [1.165, 1.54) is 6.92 Å². The van der Waals surface area contributed by atoms with Crippen molar-refractivity contribution >= 4 is 5.78 Å². The third kappa shape index (κ3) is 2.11. The second kappa shape index (κ2) is 5.76. The highest BCUT2D eigenvalue weighted by atomic mass is 16.4. The van der Waals surface area contributed by atoms with Crippen LogP contribution in [0.5, 0.6) is 0 Å². The molecule has 5 N–H and O–H groups in total. The van der Waals surface area contributed by atoms with E-state index < -0.39 is 34.7 Å². The summed E-state index contributed by atoms with van der Waals surface area (Å²) in [6.45, 7) is 5.27. The van der Waals surface area contributed by atoms with Crippen molar-refractivity contribution in [1.29, 1.82) is 0 Å². The Hall–Kier alpha value is -0.530. The summed E-state index contributed by atoms with van der Waals surface area (Å²) in [5.74, 6) is -1.11. The van der Waals surface area contributed by atoms with Crippen LogP contribution < -0.4 is 0 Å². The van der Waals surface area contributed by atoms with E-state index in [4.69, 9.17) is 0 Å². The molecule has 27 heavy (non-hydrogen) atoms. The highest BCUT2D eigenvalue weighted by molar-refractivity contribution is 5.81. The van der Waals surface area contributed by atoms with Gasteiger partial charge in [0.05, 0.1) is 23.7 Å². The third-order valence-corrected chi connectivity index (χ3v) is 9.45. The van der Waals surface area contributed by atoms with Crippen LogP contribution in [0.4, 0.5) is 0 Å². The number of hydrogen-bond acceptors (Lipinski definition) is 6. The SMILES string of the molecule is CC(=O)C1C(O)C(O)C2(O)C1(C)CCC1C3(C)CCC(O)CC3CCC12O. The standard InChI is InChI=1S/C21H34O6/c1-11(22)15-16(24)17(25)21(27)19(15,3)8-6-14-18(2)7-5-13(23)10-12(18)4-9-20(14,21)26/h12-17,23-27H,4-10H2,1-3H3. The van der Waals surface area contributed by atoms with Crippen LogP contribution in [0, 0.1) is 28.6 Å². The molecule has 4 saturated carbocycles.